The minimum Gasteiger partial charge on any atom is -0.238 e. The molecule has 6 nitrogen and oxygen atoms in total. The third-order valence-electron chi connectivity index (χ3n) is 4.89. The number of nitriles is 3. The summed E-state index contributed by atoms with van der Waals surface area (Å²) < 4.78 is 86.2. The van der Waals surface area contributed by atoms with E-state index < -0.39 is 79.5 Å². The Labute approximate surface area is 186 Å². The maximum Gasteiger partial charge on any atom is 0.417 e. The fourth-order valence-corrected chi connectivity index (χ4v) is 3.79. The molecule has 0 N–H and O–H groups in total. The Morgan fingerprint density at radius 3 is 1.53 bits per heavy atom. The van der Waals surface area contributed by atoms with Gasteiger partial charge in [0.25, 0.3) is 11.4 Å². The fourth-order valence-electron chi connectivity index (χ4n) is 3.79. The molecule has 2 aliphatic rings. The Balaban J connectivity index is 2.87. The summed E-state index contributed by atoms with van der Waals surface area (Å²) in [5.41, 5.74) is -14.0. The minimum atomic E-state index is -5.42. The van der Waals surface area contributed by atoms with E-state index >= 15 is 0 Å². The van der Waals surface area contributed by atoms with Crippen LogP contribution in [0.2, 0.25) is 0 Å². The van der Waals surface area contributed by atoms with Crippen molar-refractivity contribution in [2.24, 2.45) is 0 Å². The highest BCUT2D eigenvalue weighted by molar-refractivity contribution is 6.10. The lowest BCUT2D eigenvalue weighted by atomic mass is 9.83. The Bertz CT molecular complexity index is 1420. The maximum atomic E-state index is 14.4. The maximum absolute atomic E-state index is 14.4. The Morgan fingerprint density at radius 2 is 1.15 bits per heavy atom. The average molecular weight is 464 g/mol. The molecule has 3 rings (SSSR count). The van der Waals surface area contributed by atoms with Gasteiger partial charge in [-0.1, -0.05) is 6.08 Å². The molecular formula is C22H2F6N6. The zero-order valence-corrected chi connectivity index (χ0v) is 16.1. The smallest absolute Gasteiger partial charge is 0.238 e. The van der Waals surface area contributed by atoms with Crippen LogP contribution in [0.3, 0.4) is 0 Å². The van der Waals surface area contributed by atoms with Crippen LogP contribution in [0.5, 0.6) is 0 Å². The zero-order valence-electron chi connectivity index (χ0n) is 16.1. The van der Waals surface area contributed by atoms with Crippen molar-refractivity contribution in [2.45, 2.75) is 12.4 Å². The molecule has 0 aromatic heterocycles. The van der Waals surface area contributed by atoms with Crippen LogP contribution in [-0.2, 0) is 12.4 Å². The molecule has 0 saturated carbocycles. The van der Waals surface area contributed by atoms with Crippen LogP contribution in [0.1, 0.15) is 33.4 Å². The van der Waals surface area contributed by atoms with Crippen molar-refractivity contribution >= 4 is 22.4 Å². The second-order valence-corrected chi connectivity index (χ2v) is 6.53. The third kappa shape index (κ3) is 3.16. The van der Waals surface area contributed by atoms with Gasteiger partial charge in [-0.15, -0.1) is 0 Å². The average Bonchev–Trinajstić information content (AvgIpc) is 3.31. The molecule has 0 saturated heterocycles. The van der Waals surface area contributed by atoms with E-state index in [4.69, 9.17) is 19.7 Å². The quantitative estimate of drug-likeness (QED) is 0.259. The van der Waals surface area contributed by atoms with Crippen LogP contribution in [0.4, 0.5) is 26.3 Å². The van der Waals surface area contributed by atoms with Gasteiger partial charge in [-0.25, -0.2) is 25.1 Å². The van der Waals surface area contributed by atoms with Crippen LogP contribution < -0.4 is 0 Å². The lowest BCUT2D eigenvalue weighted by Gasteiger charge is -2.25. The van der Waals surface area contributed by atoms with Crippen molar-refractivity contribution in [2.75, 3.05) is 0 Å². The van der Waals surface area contributed by atoms with Crippen LogP contribution in [0.15, 0.2) is 23.5 Å². The van der Waals surface area contributed by atoms with Gasteiger partial charge in [-0.05, 0) is 22.8 Å². The number of benzene rings is 1. The number of rotatable bonds is 0. The number of hydrogen-bond acceptors (Lipinski definition) is 3. The largest absolute Gasteiger partial charge is 0.417 e. The first-order chi connectivity index (χ1) is 15.9. The molecule has 0 fully saturated rings. The molecule has 12 heteroatoms. The molecular weight excluding hydrogens is 462 g/mol. The molecule has 0 amide bonds. The summed E-state index contributed by atoms with van der Waals surface area (Å²) in [4.78, 5) is 8.42. The van der Waals surface area contributed by atoms with Gasteiger partial charge in [0.1, 0.15) is 0 Å². The third-order valence-corrected chi connectivity index (χ3v) is 4.89. The van der Waals surface area contributed by atoms with Crippen molar-refractivity contribution in [3.63, 3.8) is 0 Å². The molecule has 162 valence electrons. The monoisotopic (exact) mass is 464 g/mol. The lowest BCUT2D eigenvalue weighted by Crippen LogP contribution is -2.20. The van der Waals surface area contributed by atoms with Crippen LogP contribution in [-0.4, -0.2) is 0 Å². The van der Waals surface area contributed by atoms with E-state index in [9.17, 15) is 42.1 Å². The van der Waals surface area contributed by atoms with E-state index in [1.54, 1.807) is 0 Å². The molecule has 0 spiro atoms. The predicted octanol–water partition coefficient (Wildman–Crippen LogP) is 6.23. The van der Waals surface area contributed by atoms with Gasteiger partial charge < -0.3 is 0 Å². The number of hydrogen-bond donors (Lipinski definition) is 0. The number of allylic oxidation sites excluding steroid dienone is 7. The van der Waals surface area contributed by atoms with Gasteiger partial charge in [-0.2, -0.15) is 31.6 Å². The molecule has 1 aromatic rings. The second kappa shape index (κ2) is 7.68. The highest BCUT2D eigenvalue weighted by atomic mass is 19.4. The highest BCUT2D eigenvalue weighted by Crippen LogP contribution is 2.57. The van der Waals surface area contributed by atoms with Crippen LogP contribution >= 0.6 is 0 Å². The Kier molecular flexibility index (Phi) is 5.28. The van der Waals surface area contributed by atoms with E-state index in [0.717, 1.165) is 0 Å². The molecule has 34 heavy (non-hydrogen) atoms. The SMILES string of the molecule is [C-]#[N+]C1=C/C(=C(/C#N)[N+]#[C-])c2c1c(C(F)(F)F)c1c(c2C(F)(F)F)C(C#N)=C/C1=C(\C#N)[N+]#[C-]. The molecule has 0 radical (unpaired) electrons. The van der Waals surface area contributed by atoms with Gasteiger partial charge >= 0.3 is 12.4 Å². The van der Waals surface area contributed by atoms with Crippen LogP contribution in [0.25, 0.3) is 37.0 Å². The second-order valence-electron chi connectivity index (χ2n) is 6.53. The van der Waals surface area contributed by atoms with Gasteiger partial charge in [-0.3, -0.25) is 0 Å². The molecule has 0 unspecified atom stereocenters. The molecule has 0 heterocycles. The molecule has 2 aliphatic carbocycles. The standard InChI is InChI=1S/C22H2F6N6/c1-32-12-5-11(14(8-31)34-3)17-18(12)20(22(26,27)28)16-10(13(7-30)33-2)4-9(6-29)15(16)19(17)21(23,24)25/h4-5H/b13-10-,14-11+. The molecule has 0 bridgehead atoms. The van der Waals surface area contributed by atoms with E-state index in [-0.39, 0.29) is 0 Å². The highest BCUT2D eigenvalue weighted by Gasteiger charge is 2.50. The van der Waals surface area contributed by atoms with Crippen molar-refractivity contribution in [1.82, 2.24) is 0 Å². The molecule has 0 atom stereocenters. The first kappa shape index (κ1) is 23.4. The lowest BCUT2D eigenvalue weighted by molar-refractivity contribution is -0.141. The van der Waals surface area contributed by atoms with Crippen molar-refractivity contribution in [3.05, 3.63) is 91.2 Å². The van der Waals surface area contributed by atoms with Crippen molar-refractivity contribution in [3.8, 4) is 18.2 Å². The summed E-state index contributed by atoms with van der Waals surface area (Å²) >= 11 is 0. The summed E-state index contributed by atoms with van der Waals surface area (Å²) in [5.74, 6) is 0. The van der Waals surface area contributed by atoms with E-state index in [0.29, 0.717) is 12.2 Å². The van der Waals surface area contributed by atoms with E-state index in [2.05, 4.69) is 14.5 Å². The van der Waals surface area contributed by atoms with E-state index in [1.165, 1.54) is 18.2 Å². The summed E-state index contributed by atoms with van der Waals surface area (Å²) in [5, 5.41) is 27.8. The summed E-state index contributed by atoms with van der Waals surface area (Å²) in [7, 11) is 0. The van der Waals surface area contributed by atoms with Crippen molar-refractivity contribution in [1.29, 1.82) is 15.8 Å². The Hall–Kier alpha value is -5.30. The van der Waals surface area contributed by atoms with Crippen molar-refractivity contribution < 1.29 is 26.3 Å². The van der Waals surface area contributed by atoms with Gasteiger partial charge in [0.05, 0.1) is 54.6 Å². The first-order valence-corrected chi connectivity index (χ1v) is 8.55. The number of nitrogens with zero attached hydrogens (tertiary/aromatic N) is 6. The van der Waals surface area contributed by atoms with Gasteiger partial charge in [0.2, 0.25) is 0 Å². The summed E-state index contributed by atoms with van der Waals surface area (Å²) in [6, 6.07) is 3.98. The normalized spacial score (nSPS) is 16.8. The number of halogens is 6. The first-order valence-electron chi connectivity index (χ1n) is 8.55. The van der Waals surface area contributed by atoms with Crippen LogP contribution in [0, 0.1) is 53.7 Å². The molecule has 1 aromatic carbocycles. The minimum absolute atomic E-state index is 0.575. The van der Waals surface area contributed by atoms with Gasteiger partial charge in [0, 0.05) is 16.7 Å². The Morgan fingerprint density at radius 1 is 0.706 bits per heavy atom. The molecule has 0 aliphatic heterocycles. The number of fused-ring (bicyclic) bond motifs is 2. The zero-order chi connectivity index (χ0) is 25.6. The summed E-state index contributed by atoms with van der Waals surface area (Å²) in [6.45, 7) is 21.3. The number of alkyl halides is 6. The fraction of sp³-hybridized carbons (Fsp3) is 0.0909. The predicted molar refractivity (Wildman–Crippen MR) is 103 cm³/mol. The van der Waals surface area contributed by atoms with E-state index in [1.807, 2.05) is 0 Å². The topological polar surface area (TPSA) is 84.5 Å². The van der Waals surface area contributed by atoms with Gasteiger partial charge in [0.15, 0.2) is 5.70 Å². The summed E-state index contributed by atoms with van der Waals surface area (Å²) in [6.07, 6.45) is -9.69.